The fourth-order valence-electron chi connectivity index (χ4n) is 2.02. The van der Waals surface area contributed by atoms with Gasteiger partial charge >= 0.3 is 0 Å². The summed E-state index contributed by atoms with van der Waals surface area (Å²) in [6, 6.07) is 7.92. The van der Waals surface area contributed by atoms with Crippen LogP contribution in [0, 0.1) is 0 Å². The fourth-order valence-corrected chi connectivity index (χ4v) is 2.02. The van der Waals surface area contributed by atoms with Crippen molar-refractivity contribution in [2.75, 3.05) is 6.54 Å². The van der Waals surface area contributed by atoms with Crippen LogP contribution >= 0.6 is 0 Å². The predicted octanol–water partition coefficient (Wildman–Crippen LogP) is 2.27. The Balaban J connectivity index is 1.64. The molecular formula is C15H21N3O. The van der Waals surface area contributed by atoms with Gasteiger partial charge in [-0.05, 0) is 37.5 Å². The molecule has 0 saturated carbocycles. The molecule has 1 heterocycles. The van der Waals surface area contributed by atoms with E-state index in [-0.39, 0.29) is 0 Å². The van der Waals surface area contributed by atoms with Gasteiger partial charge in [-0.15, -0.1) is 0 Å². The van der Waals surface area contributed by atoms with Gasteiger partial charge in [-0.2, -0.15) is 0 Å². The maximum absolute atomic E-state index is 9.22. The van der Waals surface area contributed by atoms with E-state index >= 15 is 0 Å². The maximum Gasteiger partial charge on any atom is 0.115 e. The first kappa shape index (κ1) is 13.6. The lowest BCUT2D eigenvalue weighted by Crippen LogP contribution is -2.28. The Morgan fingerprint density at radius 3 is 2.74 bits per heavy atom. The molecule has 1 atom stereocenters. The third kappa shape index (κ3) is 4.75. The summed E-state index contributed by atoms with van der Waals surface area (Å²) >= 11 is 0. The molecular weight excluding hydrogens is 238 g/mol. The smallest absolute Gasteiger partial charge is 0.115 e. The van der Waals surface area contributed by atoms with Crippen LogP contribution in [0.1, 0.15) is 24.6 Å². The second-order valence-electron chi connectivity index (χ2n) is 4.89. The highest BCUT2D eigenvalue weighted by Crippen LogP contribution is 2.11. The summed E-state index contributed by atoms with van der Waals surface area (Å²) in [5.41, 5.74) is 2.43. The van der Waals surface area contributed by atoms with Gasteiger partial charge in [0.15, 0.2) is 0 Å². The number of rotatable bonds is 7. The summed E-state index contributed by atoms with van der Waals surface area (Å²) in [5, 5.41) is 12.7. The number of aromatic hydroxyl groups is 1. The van der Waals surface area contributed by atoms with Crippen molar-refractivity contribution in [2.45, 2.75) is 32.2 Å². The first-order valence-corrected chi connectivity index (χ1v) is 6.72. The van der Waals surface area contributed by atoms with Gasteiger partial charge in [0.25, 0.3) is 0 Å². The van der Waals surface area contributed by atoms with Crippen LogP contribution in [-0.2, 0) is 12.8 Å². The number of hydrogen-bond acceptors (Lipinski definition) is 3. The van der Waals surface area contributed by atoms with Gasteiger partial charge in [-0.25, -0.2) is 4.98 Å². The van der Waals surface area contributed by atoms with E-state index in [0.717, 1.165) is 25.8 Å². The molecule has 0 aliphatic heterocycles. The van der Waals surface area contributed by atoms with E-state index in [1.165, 1.54) is 11.3 Å². The molecule has 0 bridgehead atoms. The van der Waals surface area contributed by atoms with Crippen molar-refractivity contribution in [3.63, 3.8) is 0 Å². The molecule has 102 valence electrons. The summed E-state index contributed by atoms with van der Waals surface area (Å²) < 4.78 is 0. The number of hydrogen-bond donors (Lipinski definition) is 3. The largest absolute Gasteiger partial charge is 0.508 e. The van der Waals surface area contributed by atoms with E-state index in [9.17, 15) is 5.11 Å². The Labute approximate surface area is 113 Å². The van der Waals surface area contributed by atoms with Gasteiger partial charge in [0, 0.05) is 30.9 Å². The zero-order chi connectivity index (χ0) is 13.5. The molecule has 0 amide bonds. The first-order chi connectivity index (χ1) is 9.24. The van der Waals surface area contributed by atoms with Crippen LogP contribution < -0.4 is 5.32 Å². The Hall–Kier alpha value is -1.81. The highest BCUT2D eigenvalue weighted by atomic mass is 16.3. The van der Waals surface area contributed by atoms with E-state index in [1.807, 2.05) is 18.3 Å². The highest BCUT2D eigenvalue weighted by Gasteiger charge is 2.02. The molecule has 3 N–H and O–H groups in total. The summed E-state index contributed by atoms with van der Waals surface area (Å²) in [7, 11) is 0. The summed E-state index contributed by atoms with van der Waals surface area (Å²) in [6.07, 6.45) is 6.67. The third-order valence-corrected chi connectivity index (χ3v) is 3.24. The fraction of sp³-hybridized carbons (Fsp3) is 0.400. The minimum Gasteiger partial charge on any atom is -0.508 e. The Kier molecular flexibility index (Phi) is 4.98. The number of H-pyrrole nitrogens is 1. The van der Waals surface area contributed by atoms with E-state index < -0.39 is 0 Å². The van der Waals surface area contributed by atoms with Crippen molar-refractivity contribution in [1.29, 1.82) is 0 Å². The maximum atomic E-state index is 9.22. The Morgan fingerprint density at radius 1 is 1.26 bits per heavy atom. The average Bonchev–Trinajstić information content (AvgIpc) is 2.91. The zero-order valence-corrected chi connectivity index (χ0v) is 11.3. The number of nitrogens with one attached hydrogen (secondary N) is 2. The van der Waals surface area contributed by atoms with Crippen LogP contribution in [0.4, 0.5) is 0 Å². The molecule has 1 aromatic carbocycles. The standard InChI is InChI=1S/C15H21N3O/c1-12(17-9-8-14-10-16-11-18-14)2-3-13-4-6-15(19)7-5-13/h4-7,10-12,17,19H,2-3,8-9H2,1H3,(H,16,18)/t12-/m1/s1. The molecule has 0 radical (unpaired) electrons. The minimum absolute atomic E-state index is 0.328. The van der Waals surface area contributed by atoms with E-state index in [4.69, 9.17) is 0 Å². The molecule has 0 spiro atoms. The molecule has 0 fully saturated rings. The monoisotopic (exact) mass is 259 g/mol. The number of aromatic amines is 1. The molecule has 0 unspecified atom stereocenters. The molecule has 0 aliphatic rings. The molecule has 1 aromatic heterocycles. The average molecular weight is 259 g/mol. The normalized spacial score (nSPS) is 12.5. The minimum atomic E-state index is 0.328. The lowest BCUT2D eigenvalue weighted by Gasteiger charge is -2.13. The van der Waals surface area contributed by atoms with Crippen LogP contribution in [0.15, 0.2) is 36.8 Å². The topological polar surface area (TPSA) is 60.9 Å². The molecule has 0 aliphatic carbocycles. The van der Waals surface area contributed by atoms with Crippen LogP contribution in [0.5, 0.6) is 5.75 Å². The zero-order valence-electron chi connectivity index (χ0n) is 11.3. The van der Waals surface area contributed by atoms with Gasteiger partial charge in [0.1, 0.15) is 5.75 Å². The number of imidazole rings is 1. The van der Waals surface area contributed by atoms with Crippen molar-refractivity contribution in [2.24, 2.45) is 0 Å². The van der Waals surface area contributed by atoms with Gasteiger partial charge < -0.3 is 15.4 Å². The van der Waals surface area contributed by atoms with Crippen LogP contribution in [0.2, 0.25) is 0 Å². The number of aryl methyl sites for hydroxylation is 1. The van der Waals surface area contributed by atoms with Gasteiger partial charge in [-0.1, -0.05) is 12.1 Å². The number of phenols is 1. The van der Waals surface area contributed by atoms with Crippen LogP contribution in [-0.4, -0.2) is 27.7 Å². The SMILES string of the molecule is C[C@H](CCc1ccc(O)cc1)NCCc1cnc[nH]1. The third-order valence-electron chi connectivity index (χ3n) is 3.24. The first-order valence-electron chi connectivity index (χ1n) is 6.72. The van der Waals surface area contributed by atoms with Crippen molar-refractivity contribution < 1.29 is 5.11 Å². The quantitative estimate of drug-likeness (QED) is 0.715. The Bertz CT molecular complexity index is 465. The van der Waals surface area contributed by atoms with Crippen molar-refractivity contribution in [1.82, 2.24) is 15.3 Å². The highest BCUT2D eigenvalue weighted by molar-refractivity contribution is 5.25. The van der Waals surface area contributed by atoms with Gasteiger partial charge in [0.05, 0.1) is 6.33 Å². The molecule has 2 aromatic rings. The van der Waals surface area contributed by atoms with Crippen LogP contribution in [0.3, 0.4) is 0 Å². The summed E-state index contributed by atoms with van der Waals surface area (Å²) in [4.78, 5) is 7.10. The van der Waals surface area contributed by atoms with Crippen molar-refractivity contribution in [3.8, 4) is 5.75 Å². The number of aromatic nitrogens is 2. The van der Waals surface area contributed by atoms with Crippen LogP contribution in [0.25, 0.3) is 0 Å². The lowest BCUT2D eigenvalue weighted by atomic mass is 10.1. The second kappa shape index (κ2) is 6.95. The van der Waals surface area contributed by atoms with Gasteiger partial charge in [-0.3, -0.25) is 0 Å². The number of nitrogens with zero attached hydrogens (tertiary/aromatic N) is 1. The number of phenolic OH excluding ortho intramolecular Hbond substituents is 1. The predicted molar refractivity (Wildman–Crippen MR) is 76.2 cm³/mol. The van der Waals surface area contributed by atoms with Gasteiger partial charge in [0.2, 0.25) is 0 Å². The molecule has 4 heteroatoms. The van der Waals surface area contributed by atoms with E-state index in [0.29, 0.717) is 11.8 Å². The van der Waals surface area contributed by atoms with E-state index in [2.05, 4.69) is 22.2 Å². The summed E-state index contributed by atoms with van der Waals surface area (Å²) in [6.45, 7) is 3.16. The Morgan fingerprint density at radius 2 is 2.05 bits per heavy atom. The van der Waals surface area contributed by atoms with Crippen molar-refractivity contribution in [3.05, 3.63) is 48.0 Å². The lowest BCUT2D eigenvalue weighted by molar-refractivity contribution is 0.474. The van der Waals surface area contributed by atoms with E-state index in [1.54, 1.807) is 18.5 Å². The second-order valence-corrected chi connectivity index (χ2v) is 4.89. The number of benzene rings is 1. The summed E-state index contributed by atoms with van der Waals surface area (Å²) in [5.74, 6) is 0.328. The molecule has 2 rings (SSSR count). The van der Waals surface area contributed by atoms with Crippen molar-refractivity contribution >= 4 is 0 Å². The molecule has 4 nitrogen and oxygen atoms in total. The molecule has 19 heavy (non-hydrogen) atoms. The molecule has 0 saturated heterocycles.